The summed E-state index contributed by atoms with van der Waals surface area (Å²) in [5.74, 6) is 0.928. The fourth-order valence-electron chi connectivity index (χ4n) is 10.1. The molecule has 0 fully saturated rings. The fourth-order valence-corrected chi connectivity index (χ4v) is 10.1. The quantitative estimate of drug-likeness (QED) is 0.162. The normalized spacial score (nSPS) is 13.3. The molecule has 2 aromatic heterocycles. The van der Waals surface area contributed by atoms with Crippen LogP contribution in [0, 0.1) is 6.07 Å². The average molecular weight is 1060 g/mol. The molecule has 1 aliphatic rings. The maximum atomic E-state index is 12.5. The van der Waals surface area contributed by atoms with Crippen LogP contribution in [0.1, 0.15) is 103 Å². The van der Waals surface area contributed by atoms with Gasteiger partial charge in [0.15, 0.2) is 0 Å². The molecule has 0 bridgehead atoms. The zero-order valence-corrected chi connectivity index (χ0v) is 42.5. The number of phenolic OH excluding ortho intramolecular Hbond substituents is 1. The van der Waals surface area contributed by atoms with Gasteiger partial charge in [0.25, 0.3) is 0 Å². The number of hydrogen-bond acceptors (Lipinski definition) is 3. The summed E-state index contributed by atoms with van der Waals surface area (Å²) < 4.78 is 2.26. The van der Waals surface area contributed by atoms with Crippen molar-refractivity contribution in [3.63, 3.8) is 0 Å². The molecular formula is C62H58N3OPt-. The minimum Gasteiger partial charge on any atom is -0.507 e. The van der Waals surface area contributed by atoms with E-state index < -0.39 is 0 Å². The summed E-state index contributed by atoms with van der Waals surface area (Å²) in [5.41, 5.74) is 17.7. The van der Waals surface area contributed by atoms with Gasteiger partial charge in [0, 0.05) is 60.5 Å². The molecule has 0 spiro atoms. The number of rotatable bonds is 7. The molecule has 1 aliphatic carbocycles. The standard InChI is InChI=1S/C62H58N3O.Pt/c1-59(2,3)43-35-48(57(66)52(36-43)60(4,5)6)58-64-56-46(28-21-31-55(56)65(58)54-30-20-18-26-45(54)39-22-13-11-14-23-39)40-32-41(34-44(33-40)61(7,8)42-24-15-12-16-25-42)53-37-51-49(38-63-53)47-27-17-19-29-50(47)62(51,9)10;/h11-31,33-38,66H,1-10H3;/q-1;. The first-order valence-electron chi connectivity index (χ1n) is 23.2. The second kappa shape index (κ2) is 16.8. The van der Waals surface area contributed by atoms with E-state index in [9.17, 15) is 5.11 Å². The van der Waals surface area contributed by atoms with Gasteiger partial charge in [-0.05, 0) is 62.4 Å². The van der Waals surface area contributed by atoms with Crippen molar-refractivity contribution in [1.82, 2.24) is 14.5 Å². The van der Waals surface area contributed by atoms with Gasteiger partial charge in [-0.2, -0.15) is 0 Å². The van der Waals surface area contributed by atoms with Gasteiger partial charge in [0.1, 0.15) is 11.6 Å². The third kappa shape index (κ3) is 7.88. The van der Waals surface area contributed by atoms with Crippen LogP contribution in [0.2, 0.25) is 0 Å². The SMILES string of the molecule is CC(C)(C)c1cc(-c2nc3c(-c4[c-]c(-c5cc6c(cn5)-c5ccccc5C6(C)C)cc(C(C)(C)c5ccccc5)c4)cccc3n2-c2ccccc2-c2ccccc2)c(O)c(C(C)(C)C)c1.[Pt]. The number of hydrogen-bond donors (Lipinski definition) is 1. The van der Waals surface area contributed by atoms with E-state index in [1.807, 2.05) is 0 Å². The number of fused-ring (bicyclic) bond motifs is 4. The summed E-state index contributed by atoms with van der Waals surface area (Å²) in [5, 5.41) is 12.5. The van der Waals surface area contributed by atoms with Crippen molar-refractivity contribution in [3.05, 3.63) is 203 Å². The van der Waals surface area contributed by atoms with E-state index in [-0.39, 0.29) is 48.5 Å². The van der Waals surface area contributed by atoms with Crippen LogP contribution in [-0.2, 0) is 42.7 Å². The summed E-state index contributed by atoms with van der Waals surface area (Å²) in [6.07, 6.45) is 2.06. The third-order valence-corrected chi connectivity index (χ3v) is 14.1. The zero-order chi connectivity index (χ0) is 46.3. The van der Waals surface area contributed by atoms with E-state index in [0.717, 1.165) is 66.9 Å². The third-order valence-electron chi connectivity index (χ3n) is 14.1. The van der Waals surface area contributed by atoms with Crippen LogP contribution >= 0.6 is 0 Å². The number of para-hydroxylation sites is 2. The van der Waals surface area contributed by atoms with Gasteiger partial charge < -0.3 is 5.11 Å². The molecule has 7 aromatic carbocycles. The van der Waals surface area contributed by atoms with Crippen LogP contribution in [0.3, 0.4) is 0 Å². The van der Waals surface area contributed by atoms with Crippen molar-refractivity contribution in [2.45, 2.75) is 90.9 Å². The Morgan fingerprint density at radius 3 is 1.87 bits per heavy atom. The molecule has 0 saturated heterocycles. The zero-order valence-electron chi connectivity index (χ0n) is 40.2. The predicted molar refractivity (Wildman–Crippen MR) is 275 cm³/mol. The molecule has 10 rings (SSSR count). The summed E-state index contributed by atoms with van der Waals surface area (Å²) in [6.45, 7) is 22.4. The van der Waals surface area contributed by atoms with E-state index >= 15 is 0 Å². The Morgan fingerprint density at radius 2 is 1.16 bits per heavy atom. The Balaban J connectivity index is 0.00000562. The van der Waals surface area contributed by atoms with E-state index in [0.29, 0.717) is 11.4 Å². The van der Waals surface area contributed by atoms with Gasteiger partial charge >= 0.3 is 0 Å². The molecule has 67 heavy (non-hydrogen) atoms. The molecule has 338 valence electrons. The topological polar surface area (TPSA) is 50.9 Å². The van der Waals surface area contributed by atoms with E-state index in [2.05, 4.69) is 244 Å². The van der Waals surface area contributed by atoms with Gasteiger partial charge in [0.2, 0.25) is 0 Å². The number of nitrogens with zero attached hydrogens (tertiary/aromatic N) is 3. The fraction of sp³-hybridized carbons (Fsp3) is 0.226. The molecular weight excluding hydrogens is 998 g/mol. The van der Waals surface area contributed by atoms with Crippen LogP contribution in [-0.4, -0.2) is 19.6 Å². The number of aromatic nitrogens is 3. The van der Waals surface area contributed by atoms with Gasteiger partial charge in [0.05, 0.1) is 22.3 Å². The Kier molecular flexibility index (Phi) is 11.5. The number of pyridine rings is 1. The van der Waals surface area contributed by atoms with E-state index in [1.165, 1.54) is 27.8 Å². The molecule has 1 N–H and O–H groups in total. The molecule has 0 unspecified atom stereocenters. The number of phenols is 1. The summed E-state index contributed by atoms with van der Waals surface area (Å²) in [7, 11) is 0. The number of aromatic hydroxyl groups is 1. The molecule has 5 heteroatoms. The maximum absolute atomic E-state index is 12.5. The van der Waals surface area contributed by atoms with Crippen molar-refractivity contribution in [1.29, 1.82) is 0 Å². The average Bonchev–Trinajstić information content (AvgIpc) is 3.80. The van der Waals surface area contributed by atoms with Gasteiger partial charge in [-0.15, -0.1) is 29.3 Å². The van der Waals surface area contributed by atoms with Crippen LogP contribution in [0.5, 0.6) is 5.75 Å². The molecule has 0 saturated carbocycles. The van der Waals surface area contributed by atoms with Crippen molar-refractivity contribution in [2.24, 2.45) is 0 Å². The number of imidazole rings is 1. The minimum atomic E-state index is -0.359. The molecule has 0 amide bonds. The van der Waals surface area contributed by atoms with Crippen molar-refractivity contribution < 1.29 is 26.2 Å². The molecule has 4 nitrogen and oxygen atoms in total. The molecule has 0 aliphatic heterocycles. The maximum Gasteiger partial charge on any atom is 0.148 e. The minimum absolute atomic E-state index is 0. The molecule has 9 aromatic rings. The van der Waals surface area contributed by atoms with Crippen LogP contribution in [0.25, 0.3) is 72.7 Å². The Morgan fingerprint density at radius 1 is 0.537 bits per heavy atom. The predicted octanol–water partition coefficient (Wildman–Crippen LogP) is 15.8. The smallest absolute Gasteiger partial charge is 0.148 e. The van der Waals surface area contributed by atoms with Crippen LogP contribution in [0.4, 0.5) is 0 Å². The van der Waals surface area contributed by atoms with Crippen molar-refractivity contribution in [3.8, 4) is 67.5 Å². The monoisotopic (exact) mass is 1060 g/mol. The van der Waals surface area contributed by atoms with E-state index in [1.54, 1.807) is 0 Å². The van der Waals surface area contributed by atoms with Gasteiger partial charge in [-0.3, -0.25) is 9.55 Å². The van der Waals surface area contributed by atoms with E-state index in [4.69, 9.17) is 9.97 Å². The first kappa shape index (κ1) is 45.8. The largest absolute Gasteiger partial charge is 0.507 e. The Hall–Kier alpha value is -6.35. The van der Waals surface area contributed by atoms with Gasteiger partial charge in [-0.25, -0.2) is 4.98 Å². The molecule has 0 radical (unpaired) electrons. The molecule has 2 heterocycles. The second-order valence-electron chi connectivity index (χ2n) is 21.2. The summed E-state index contributed by atoms with van der Waals surface area (Å²) in [4.78, 5) is 10.9. The van der Waals surface area contributed by atoms with Crippen molar-refractivity contribution in [2.75, 3.05) is 0 Å². The van der Waals surface area contributed by atoms with Gasteiger partial charge in [-0.1, -0.05) is 208 Å². The van der Waals surface area contributed by atoms with Crippen LogP contribution in [0.15, 0.2) is 164 Å². The first-order valence-corrected chi connectivity index (χ1v) is 23.2. The Labute approximate surface area is 411 Å². The summed E-state index contributed by atoms with van der Waals surface area (Å²) >= 11 is 0. The van der Waals surface area contributed by atoms with Crippen LogP contribution < -0.4 is 0 Å². The first-order chi connectivity index (χ1) is 31.4. The Bertz CT molecular complexity index is 3330. The molecule has 0 atom stereocenters. The second-order valence-corrected chi connectivity index (χ2v) is 21.2. The number of benzene rings is 7. The van der Waals surface area contributed by atoms with Crippen molar-refractivity contribution >= 4 is 11.0 Å². The summed E-state index contributed by atoms with van der Waals surface area (Å²) in [6, 6.07) is 60.1.